The highest BCUT2D eigenvalue weighted by atomic mass is 32.2. The summed E-state index contributed by atoms with van der Waals surface area (Å²) in [6.45, 7) is 7.00. The minimum Gasteiger partial charge on any atom is -0.354 e. The van der Waals surface area contributed by atoms with Crippen LogP contribution < -0.4 is 9.62 Å². The van der Waals surface area contributed by atoms with Crippen molar-refractivity contribution in [1.29, 1.82) is 0 Å². The molecule has 0 radical (unpaired) electrons. The van der Waals surface area contributed by atoms with E-state index in [1.54, 1.807) is 17.0 Å². The summed E-state index contributed by atoms with van der Waals surface area (Å²) in [4.78, 5) is 27.8. The van der Waals surface area contributed by atoms with Crippen LogP contribution in [0, 0.1) is 0 Å². The number of carbonyl (C=O) groups excluding carboxylic acids is 2. The molecule has 1 N–H and O–H groups in total. The van der Waals surface area contributed by atoms with Crippen LogP contribution in [0.5, 0.6) is 0 Å². The van der Waals surface area contributed by atoms with Crippen molar-refractivity contribution in [3.05, 3.63) is 65.7 Å². The molecule has 1 atom stereocenters. The van der Waals surface area contributed by atoms with E-state index >= 15 is 0 Å². The van der Waals surface area contributed by atoms with E-state index in [4.69, 9.17) is 0 Å². The smallest absolute Gasteiger partial charge is 0.242 e. The van der Waals surface area contributed by atoms with Gasteiger partial charge in [-0.25, -0.2) is 8.42 Å². The molecule has 0 aromatic heterocycles. The quantitative estimate of drug-likeness (QED) is 0.422. The number of hydrogen-bond donors (Lipinski definition) is 1. The van der Waals surface area contributed by atoms with E-state index in [0.29, 0.717) is 31.6 Å². The molecular formula is C27H39N3O4S. The minimum absolute atomic E-state index is 0.142. The second-order valence-electron chi connectivity index (χ2n) is 8.68. The zero-order valence-corrected chi connectivity index (χ0v) is 22.2. The van der Waals surface area contributed by atoms with E-state index in [1.807, 2.05) is 63.2 Å². The lowest BCUT2D eigenvalue weighted by atomic mass is 10.1. The third-order valence-electron chi connectivity index (χ3n) is 5.92. The van der Waals surface area contributed by atoms with Gasteiger partial charge >= 0.3 is 0 Å². The Bertz CT molecular complexity index is 1040. The molecule has 0 unspecified atom stereocenters. The number of hydrogen-bond acceptors (Lipinski definition) is 4. The maximum absolute atomic E-state index is 13.4. The van der Waals surface area contributed by atoms with E-state index in [2.05, 4.69) is 5.32 Å². The van der Waals surface area contributed by atoms with Gasteiger partial charge in [0.25, 0.3) is 0 Å². The number of amides is 2. The van der Waals surface area contributed by atoms with Gasteiger partial charge in [-0.1, -0.05) is 63.2 Å². The van der Waals surface area contributed by atoms with Crippen molar-refractivity contribution >= 4 is 27.5 Å². The van der Waals surface area contributed by atoms with E-state index in [1.165, 1.54) is 10.6 Å². The van der Waals surface area contributed by atoms with Crippen LogP contribution in [0.3, 0.4) is 0 Å². The summed E-state index contributed by atoms with van der Waals surface area (Å²) in [5, 5.41) is 2.91. The molecule has 0 aliphatic rings. The fourth-order valence-corrected chi connectivity index (χ4v) is 4.93. The Labute approximate surface area is 210 Å². The van der Waals surface area contributed by atoms with E-state index in [0.717, 1.165) is 24.0 Å². The molecular weight excluding hydrogens is 462 g/mol. The first kappa shape index (κ1) is 28.4. The zero-order valence-electron chi connectivity index (χ0n) is 21.4. The van der Waals surface area contributed by atoms with Crippen molar-refractivity contribution in [2.75, 3.05) is 23.7 Å². The molecule has 0 bridgehead atoms. The second kappa shape index (κ2) is 13.9. The molecule has 7 nitrogen and oxygen atoms in total. The first-order valence-electron chi connectivity index (χ1n) is 12.4. The van der Waals surface area contributed by atoms with Gasteiger partial charge in [-0.05, 0) is 48.9 Å². The van der Waals surface area contributed by atoms with Gasteiger partial charge in [0, 0.05) is 26.1 Å². The van der Waals surface area contributed by atoms with E-state index in [9.17, 15) is 18.0 Å². The topological polar surface area (TPSA) is 86.8 Å². The van der Waals surface area contributed by atoms with Gasteiger partial charge in [-0.2, -0.15) is 0 Å². The van der Waals surface area contributed by atoms with Crippen LogP contribution >= 0.6 is 0 Å². The number of sulfonamides is 1. The molecule has 0 saturated carbocycles. The standard InChI is InChI=1S/C27H39N3O4S/c1-5-19-28-27(32)25(7-3)29(21-23-12-9-8-10-13-23)26(31)14-11-20-30(35(4,33)34)24-17-15-22(6-2)16-18-24/h8-10,12-13,15-18,25H,5-7,11,14,19-21H2,1-4H3,(H,28,32)/t25-/m0/s1. The molecule has 0 aliphatic heterocycles. The van der Waals surface area contributed by atoms with Gasteiger partial charge < -0.3 is 10.2 Å². The Hall–Kier alpha value is -2.87. The summed E-state index contributed by atoms with van der Waals surface area (Å²) < 4.78 is 26.3. The van der Waals surface area contributed by atoms with Crippen molar-refractivity contribution in [2.24, 2.45) is 0 Å². The van der Waals surface area contributed by atoms with Crippen molar-refractivity contribution in [3.8, 4) is 0 Å². The predicted octanol–water partition coefficient (Wildman–Crippen LogP) is 4.13. The number of carbonyl (C=O) groups is 2. The fraction of sp³-hybridized carbons (Fsp3) is 0.481. The van der Waals surface area contributed by atoms with Crippen LogP contribution in [0.15, 0.2) is 54.6 Å². The lowest BCUT2D eigenvalue weighted by molar-refractivity contribution is -0.141. The van der Waals surface area contributed by atoms with Gasteiger partial charge in [0.15, 0.2) is 0 Å². The average Bonchev–Trinajstić information content (AvgIpc) is 2.85. The van der Waals surface area contributed by atoms with Crippen LogP contribution in [-0.2, 0) is 32.6 Å². The number of rotatable bonds is 14. The maximum Gasteiger partial charge on any atom is 0.242 e. The van der Waals surface area contributed by atoms with Gasteiger partial charge in [-0.3, -0.25) is 13.9 Å². The molecule has 8 heteroatoms. The Kier molecular flexibility index (Phi) is 11.2. The normalized spacial score (nSPS) is 12.1. The van der Waals surface area contributed by atoms with Crippen LogP contribution in [0.2, 0.25) is 0 Å². The molecule has 35 heavy (non-hydrogen) atoms. The van der Waals surface area contributed by atoms with Crippen LogP contribution in [0.1, 0.15) is 57.6 Å². The first-order chi connectivity index (χ1) is 16.7. The Balaban J connectivity index is 2.16. The van der Waals surface area contributed by atoms with E-state index in [-0.39, 0.29) is 24.8 Å². The van der Waals surface area contributed by atoms with Crippen LogP contribution in [-0.4, -0.2) is 50.5 Å². The summed E-state index contributed by atoms with van der Waals surface area (Å²) in [5.74, 6) is -0.324. The fourth-order valence-electron chi connectivity index (χ4n) is 3.97. The number of anilines is 1. The molecule has 2 aromatic rings. The second-order valence-corrected chi connectivity index (χ2v) is 10.6. The molecule has 2 amide bonds. The molecule has 0 fully saturated rings. The third kappa shape index (κ3) is 8.69. The van der Waals surface area contributed by atoms with Crippen LogP contribution in [0.4, 0.5) is 5.69 Å². The highest BCUT2D eigenvalue weighted by Crippen LogP contribution is 2.20. The number of benzene rings is 2. The Morgan fingerprint density at radius 1 is 0.943 bits per heavy atom. The lowest BCUT2D eigenvalue weighted by Crippen LogP contribution is -2.49. The summed E-state index contributed by atoms with van der Waals surface area (Å²) in [6, 6.07) is 16.4. The van der Waals surface area contributed by atoms with Crippen molar-refractivity contribution in [1.82, 2.24) is 10.2 Å². The third-order valence-corrected chi connectivity index (χ3v) is 7.11. The zero-order chi connectivity index (χ0) is 25.8. The minimum atomic E-state index is -3.50. The largest absolute Gasteiger partial charge is 0.354 e. The lowest BCUT2D eigenvalue weighted by Gasteiger charge is -2.31. The highest BCUT2D eigenvalue weighted by Gasteiger charge is 2.28. The van der Waals surface area contributed by atoms with Gasteiger partial charge in [-0.15, -0.1) is 0 Å². The molecule has 2 aromatic carbocycles. The predicted molar refractivity (Wildman–Crippen MR) is 142 cm³/mol. The number of nitrogens with one attached hydrogen (secondary N) is 1. The summed E-state index contributed by atoms with van der Waals surface area (Å²) in [5.41, 5.74) is 2.65. The Morgan fingerprint density at radius 2 is 1.60 bits per heavy atom. The van der Waals surface area contributed by atoms with Gasteiger partial charge in [0.1, 0.15) is 6.04 Å². The summed E-state index contributed by atoms with van der Waals surface area (Å²) >= 11 is 0. The molecule has 0 aliphatic carbocycles. The Morgan fingerprint density at radius 3 is 2.14 bits per heavy atom. The molecule has 192 valence electrons. The summed E-state index contributed by atoms with van der Waals surface area (Å²) in [7, 11) is -3.50. The van der Waals surface area contributed by atoms with Crippen LogP contribution in [0.25, 0.3) is 0 Å². The van der Waals surface area contributed by atoms with Crippen molar-refractivity contribution in [3.63, 3.8) is 0 Å². The maximum atomic E-state index is 13.4. The highest BCUT2D eigenvalue weighted by molar-refractivity contribution is 7.92. The number of aryl methyl sites for hydroxylation is 1. The van der Waals surface area contributed by atoms with Crippen molar-refractivity contribution in [2.45, 2.75) is 65.5 Å². The van der Waals surface area contributed by atoms with Crippen molar-refractivity contribution < 1.29 is 18.0 Å². The molecule has 2 rings (SSSR count). The molecule has 0 spiro atoms. The average molecular weight is 502 g/mol. The monoisotopic (exact) mass is 501 g/mol. The van der Waals surface area contributed by atoms with Gasteiger partial charge in [0.05, 0.1) is 11.9 Å². The van der Waals surface area contributed by atoms with E-state index < -0.39 is 16.1 Å². The number of nitrogens with zero attached hydrogens (tertiary/aromatic N) is 2. The SMILES string of the molecule is CCCNC(=O)[C@H](CC)N(Cc1ccccc1)C(=O)CCCN(c1ccc(CC)cc1)S(C)(=O)=O. The summed E-state index contributed by atoms with van der Waals surface area (Å²) in [6.07, 6.45) is 3.84. The molecule has 0 saturated heterocycles. The molecule has 0 heterocycles. The first-order valence-corrected chi connectivity index (χ1v) is 14.2. The van der Waals surface area contributed by atoms with Gasteiger partial charge in [0.2, 0.25) is 21.8 Å².